The normalized spacial score (nSPS) is 9.76. The van der Waals surface area contributed by atoms with Crippen LogP contribution in [0.2, 0.25) is 0 Å². The Kier molecular flexibility index (Phi) is 16.1. The molecule has 7 heteroatoms. The van der Waals surface area contributed by atoms with Gasteiger partial charge in [-0.3, -0.25) is 7.32 Å². The van der Waals surface area contributed by atoms with Gasteiger partial charge in [0.25, 0.3) is 0 Å². The van der Waals surface area contributed by atoms with Gasteiger partial charge in [0.05, 0.1) is 0 Å². The van der Waals surface area contributed by atoms with Crippen molar-refractivity contribution in [1.29, 1.82) is 0 Å². The molecule has 0 aliphatic carbocycles. The molecule has 5 nitrogen and oxygen atoms in total. The first-order chi connectivity index (χ1) is 7.15. The molecule has 1 radical (unpaired) electrons. The first kappa shape index (κ1) is 22.1. The van der Waals surface area contributed by atoms with Gasteiger partial charge >= 0.3 is 0 Å². The van der Waals surface area contributed by atoms with Crippen LogP contribution >= 0.6 is 0 Å². The number of hydrogen-bond acceptors (Lipinski definition) is 5. The molecular weight excluding hydrogens is 270 g/mol. The van der Waals surface area contributed by atoms with Gasteiger partial charge in [0, 0.05) is 22.7 Å². The zero-order valence-electron chi connectivity index (χ0n) is 10.5. The first-order valence-electron chi connectivity index (χ1n) is 5.32. The van der Waals surface area contributed by atoms with E-state index in [1.807, 2.05) is 0 Å². The Bertz CT molecular complexity index is 179. The average molecular weight is 289 g/mol. The Morgan fingerprint density at radius 2 is 1.47 bits per heavy atom. The van der Waals surface area contributed by atoms with E-state index in [-0.39, 0.29) is 23.2 Å². The molecule has 0 unspecified atom stereocenters. The van der Waals surface area contributed by atoms with E-state index >= 15 is 0 Å². The summed E-state index contributed by atoms with van der Waals surface area (Å²) in [5.74, 6) is -0.925. The zero-order chi connectivity index (χ0) is 13.2. The third-order valence-corrected chi connectivity index (χ3v) is 1.81. The molecule has 0 heterocycles. The fourth-order valence-electron chi connectivity index (χ4n) is 1.10. The summed E-state index contributed by atoms with van der Waals surface area (Å²) in [5.41, 5.74) is 0.376. The van der Waals surface area contributed by atoms with Crippen LogP contribution in [-0.4, -0.2) is 13.3 Å². The summed E-state index contributed by atoms with van der Waals surface area (Å²) in [6.07, 6.45) is 4.27. The maximum absolute atomic E-state index is 10.0. The predicted octanol–water partition coefficient (Wildman–Crippen LogP) is -2.22. The molecule has 0 aliphatic heterocycles. The minimum Gasteiger partial charge on any atom is -0.907 e. The number of carbonyl (C=O) groups excluding carboxylic acids is 1. The molecular formula is C10H19BCoO5-4. The molecule has 17 heavy (non-hydrogen) atoms. The topological polar surface area (TPSA) is 109 Å². The average Bonchev–Trinajstić information content (AvgIpc) is 1.99. The molecule has 0 fully saturated rings. The molecule has 105 valence electrons. The van der Waals surface area contributed by atoms with Crippen molar-refractivity contribution >= 4 is 13.3 Å². The van der Waals surface area contributed by atoms with Gasteiger partial charge in [0.15, 0.2) is 0 Å². The molecule has 0 aromatic heterocycles. The van der Waals surface area contributed by atoms with Crippen LogP contribution in [-0.2, 0) is 21.6 Å². The summed E-state index contributed by atoms with van der Waals surface area (Å²) in [5, 5.41) is 35.3. The van der Waals surface area contributed by atoms with Gasteiger partial charge < -0.3 is 25.0 Å². The number of rotatable bonds is 5. The second kappa shape index (κ2) is 12.4. The summed E-state index contributed by atoms with van der Waals surface area (Å²) in [4.78, 5) is 10.0. The van der Waals surface area contributed by atoms with Gasteiger partial charge in [-0.1, -0.05) is 33.6 Å². The van der Waals surface area contributed by atoms with Crippen LogP contribution in [0.3, 0.4) is 0 Å². The second-order valence-electron chi connectivity index (χ2n) is 4.78. The van der Waals surface area contributed by atoms with Crippen molar-refractivity contribution in [2.75, 3.05) is 0 Å². The zero-order valence-corrected chi connectivity index (χ0v) is 11.5. The minimum atomic E-state index is -2.92. The number of hydrogen-bond donors (Lipinski definition) is 0. The molecule has 0 aromatic carbocycles. The Labute approximate surface area is 114 Å². The summed E-state index contributed by atoms with van der Waals surface area (Å²) in [6.45, 7) is 6.60. The van der Waals surface area contributed by atoms with E-state index in [9.17, 15) is 9.90 Å². The van der Waals surface area contributed by atoms with Gasteiger partial charge in [0.2, 0.25) is 0 Å². The largest absolute Gasteiger partial charge is 0.907 e. The van der Waals surface area contributed by atoms with Crippen molar-refractivity contribution in [2.24, 2.45) is 5.41 Å². The van der Waals surface area contributed by atoms with Crippen LogP contribution in [0.5, 0.6) is 0 Å². The molecule has 0 N–H and O–H groups in total. The maximum atomic E-state index is 10.0. The number of aliphatic carboxylic acids is 1. The third-order valence-electron chi connectivity index (χ3n) is 1.81. The quantitative estimate of drug-likeness (QED) is 0.421. The van der Waals surface area contributed by atoms with Crippen molar-refractivity contribution in [2.45, 2.75) is 52.9 Å². The maximum Gasteiger partial charge on any atom is 0.0414 e. The van der Waals surface area contributed by atoms with Gasteiger partial charge in [-0.2, -0.15) is 0 Å². The number of unbranched alkanes of at least 4 members (excludes halogenated alkanes) is 2. The van der Waals surface area contributed by atoms with Crippen molar-refractivity contribution in [3.63, 3.8) is 0 Å². The van der Waals surface area contributed by atoms with E-state index in [0.29, 0.717) is 5.41 Å². The van der Waals surface area contributed by atoms with Crippen LogP contribution in [0.25, 0.3) is 0 Å². The minimum absolute atomic E-state index is 0. The molecule has 0 aromatic rings. The standard InChI is InChI=1S/C10H20O2.BO3.Co/c1-10(2,3)8-6-4-5-7-9(11)12;2-1(3)4;/h4-8H2,1-3H3,(H,11,12);;/q;-3;/p-1. The fourth-order valence-corrected chi connectivity index (χ4v) is 1.10. The van der Waals surface area contributed by atoms with Crippen molar-refractivity contribution in [3.05, 3.63) is 0 Å². The SMILES string of the molecule is CC(C)(C)CCCCCC(=O)[O-].[Co].[O-]B([O-])[O-]. The Morgan fingerprint density at radius 3 is 1.76 bits per heavy atom. The molecule has 0 bridgehead atoms. The first-order valence-corrected chi connectivity index (χ1v) is 5.32. The van der Waals surface area contributed by atoms with E-state index < -0.39 is 13.3 Å². The fraction of sp³-hybridized carbons (Fsp3) is 0.900. The summed E-state index contributed by atoms with van der Waals surface area (Å²) < 4.78 is 0. The van der Waals surface area contributed by atoms with Crippen LogP contribution < -0.4 is 20.2 Å². The van der Waals surface area contributed by atoms with E-state index in [2.05, 4.69) is 20.8 Å². The number of carboxylic acid groups (broad SMARTS) is 1. The van der Waals surface area contributed by atoms with E-state index in [0.717, 1.165) is 19.3 Å². The van der Waals surface area contributed by atoms with Crippen LogP contribution in [0.15, 0.2) is 0 Å². The number of carboxylic acids is 1. The molecule has 0 saturated carbocycles. The van der Waals surface area contributed by atoms with Gasteiger partial charge in [-0.15, -0.1) is 0 Å². The van der Waals surface area contributed by atoms with Gasteiger partial charge in [-0.05, 0) is 24.7 Å². The summed E-state index contributed by atoms with van der Waals surface area (Å²) in [7, 11) is -2.92. The molecule has 0 amide bonds. The van der Waals surface area contributed by atoms with Gasteiger partial charge in [-0.25, -0.2) is 0 Å². The summed E-state index contributed by atoms with van der Waals surface area (Å²) >= 11 is 0. The van der Waals surface area contributed by atoms with Crippen molar-refractivity contribution in [3.8, 4) is 0 Å². The van der Waals surface area contributed by atoms with Crippen molar-refractivity contribution in [1.82, 2.24) is 0 Å². The molecule has 0 saturated heterocycles. The number of carbonyl (C=O) groups is 1. The monoisotopic (exact) mass is 289 g/mol. The van der Waals surface area contributed by atoms with Crippen LogP contribution in [0, 0.1) is 5.41 Å². The molecule has 0 rings (SSSR count). The predicted molar refractivity (Wildman–Crippen MR) is 53.3 cm³/mol. The van der Waals surface area contributed by atoms with Crippen LogP contribution in [0.4, 0.5) is 0 Å². The third kappa shape index (κ3) is 38.8. The Hall–Kier alpha value is -0.0786. The second-order valence-corrected chi connectivity index (χ2v) is 4.78. The van der Waals surface area contributed by atoms with E-state index in [1.54, 1.807) is 0 Å². The Morgan fingerprint density at radius 1 is 1.06 bits per heavy atom. The Balaban J connectivity index is -0.000000340. The van der Waals surface area contributed by atoms with Crippen molar-refractivity contribution < 1.29 is 41.8 Å². The molecule has 0 spiro atoms. The molecule has 0 atom stereocenters. The van der Waals surface area contributed by atoms with E-state index in [1.165, 1.54) is 6.42 Å². The van der Waals surface area contributed by atoms with E-state index in [4.69, 9.17) is 15.1 Å². The van der Waals surface area contributed by atoms with Gasteiger partial charge in [0.1, 0.15) is 0 Å². The molecule has 0 aliphatic rings. The summed E-state index contributed by atoms with van der Waals surface area (Å²) in [6, 6.07) is 0. The van der Waals surface area contributed by atoms with Crippen LogP contribution in [0.1, 0.15) is 52.9 Å². The smallest absolute Gasteiger partial charge is 0.0414 e.